The van der Waals surface area contributed by atoms with Crippen LogP contribution in [0.5, 0.6) is 5.75 Å². The lowest BCUT2D eigenvalue weighted by Gasteiger charge is -2.19. The maximum absolute atomic E-state index is 5.60. The van der Waals surface area contributed by atoms with Crippen molar-refractivity contribution in [2.24, 2.45) is 0 Å². The van der Waals surface area contributed by atoms with E-state index in [-0.39, 0.29) is 0 Å². The van der Waals surface area contributed by atoms with Gasteiger partial charge in [0.25, 0.3) is 0 Å². The lowest BCUT2D eigenvalue weighted by atomic mass is 10.1. The topological polar surface area (TPSA) is 33.3 Å². The van der Waals surface area contributed by atoms with Gasteiger partial charge in [-0.3, -0.25) is 0 Å². The average Bonchev–Trinajstić information content (AvgIpc) is 2.52. The third-order valence-corrected chi connectivity index (χ3v) is 3.85. The van der Waals surface area contributed by atoms with Crippen LogP contribution in [0.2, 0.25) is 0 Å². The summed E-state index contributed by atoms with van der Waals surface area (Å²) in [6.45, 7) is 0.968. The van der Waals surface area contributed by atoms with Gasteiger partial charge >= 0.3 is 0 Å². The monoisotopic (exact) mass is 286 g/mol. The number of aryl methyl sites for hydroxylation is 1. The maximum Gasteiger partial charge on any atom is 0.153 e. The van der Waals surface area contributed by atoms with E-state index in [2.05, 4.69) is 58.6 Å². The fraction of sp³-hybridized carbons (Fsp3) is 0.250. The third kappa shape index (κ3) is 3.39. The van der Waals surface area contributed by atoms with Gasteiger partial charge in [-0.2, -0.15) is 0 Å². The summed E-state index contributed by atoms with van der Waals surface area (Å²) < 4.78 is 8.84. The molecule has 0 spiro atoms. The van der Waals surface area contributed by atoms with Crippen LogP contribution in [0.15, 0.2) is 48.5 Å². The predicted molar refractivity (Wildman–Crippen MR) is 86.4 cm³/mol. The molecule has 2 aromatic carbocycles. The lowest BCUT2D eigenvalue weighted by Crippen LogP contribution is -2.07. The first-order valence-corrected chi connectivity index (χ1v) is 7.83. The van der Waals surface area contributed by atoms with Gasteiger partial charge in [-0.15, -0.1) is 0 Å². The number of nitrogens with one attached hydrogen (secondary N) is 2. The van der Waals surface area contributed by atoms with E-state index in [1.165, 1.54) is 5.56 Å². The van der Waals surface area contributed by atoms with Crippen LogP contribution < -0.4 is 14.8 Å². The highest BCUT2D eigenvalue weighted by atomic mass is 32.2. The molecule has 0 amide bonds. The fourth-order valence-corrected chi connectivity index (χ4v) is 2.78. The van der Waals surface area contributed by atoms with Crippen LogP contribution in [0.25, 0.3) is 0 Å². The number of benzene rings is 2. The normalized spacial score (nSPS) is 13.0. The van der Waals surface area contributed by atoms with E-state index in [1.807, 2.05) is 0 Å². The van der Waals surface area contributed by atoms with Crippen LogP contribution in [0.3, 0.4) is 0 Å². The van der Waals surface area contributed by atoms with E-state index in [0.717, 1.165) is 36.5 Å². The van der Waals surface area contributed by atoms with Crippen molar-refractivity contribution in [1.82, 2.24) is 0 Å². The highest BCUT2D eigenvalue weighted by Gasteiger charge is 2.09. The molecule has 0 radical (unpaired) electrons. The minimum atomic E-state index is 0.657. The predicted octanol–water partition coefficient (Wildman–Crippen LogP) is 4.14. The van der Waals surface area contributed by atoms with Gasteiger partial charge in [0.2, 0.25) is 0 Å². The van der Waals surface area contributed by atoms with Gasteiger partial charge in [0.15, 0.2) is 5.94 Å². The smallest absolute Gasteiger partial charge is 0.153 e. The highest BCUT2D eigenvalue weighted by molar-refractivity contribution is 8.00. The summed E-state index contributed by atoms with van der Waals surface area (Å²) in [7, 11) is 0. The van der Waals surface area contributed by atoms with Crippen molar-refractivity contribution in [3.05, 3.63) is 54.1 Å². The molecule has 0 bridgehead atoms. The van der Waals surface area contributed by atoms with Crippen molar-refractivity contribution in [3.63, 3.8) is 0 Å². The Kier molecular flexibility index (Phi) is 4.33. The van der Waals surface area contributed by atoms with E-state index in [0.29, 0.717) is 5.94 Å². The Balaban J connectivity index is 1.49. The zero-order valence-electron chi connectivity index (χ0n) is 11.3. The minimum absolute atomic E-state index is 0.657. The van der Waals surface area contributed by atoms with E-state index < -0.39 is 0 Å². The van der Waals surface area contributed by atoms with Gasteiger partial charge < -0.3 is 14.8 Å². The molecule has 1 aliphatic rings. The van der Waals surface area contributed by atoms with Crippen LogP contribution in [-0.4, -0.2) is 12.5 Å². The van der Waals surface area contributed by atoms with Crippen molar-refractivity contribution < 1.29 is 4.74 Å². The average molecular weight is 286 g/mol. The van der Waals surface area contributed by atoms with E-state index in [1.54, 1.807) is 11.9 Å². The lowest BCUT2D eigenvalue weighted by molar-refractivity contribution is 0.392. The van der Waals surface area contributed by atoms with Crippen molar-refractivity contribution in [3.8, 4) is 5.75 Å². The molecule has 20 heavy (non-hydrogen) atoms. The molecule has 0 fully saturated rings. The van der Waals surface area contributed by atoms with Crippen LogP contribution >= 0.6 is 11.9 Å². The van der Waals surface area contributed by atoms with Gasteiger partial charge in [-0.25, -0.2) is 0 Å². The van der Waals surface area contributed by atoms with Crippen LogP contribution in [-0.2, 0) is 6.42 Å². The summed E-state index contributed by atoms with van der Waals surface area (Å²) in [5.74, 6) is 1.58. The summed E-state index contributed by atoms with van der Waals surface area (Å²) in [5.41, 5.74) is 3.56. The van der Waals surface area contributed by atoms with Gasteiger partial charge in [0.05, 0.1) is 5.69 Å². The number of hydrogen-bond acceptors (Lipinski definition) is 4. The Morgan fingerprint density at radius 3 is 2.95 bits per heavy atom. The first-order valence-electron chi connectivity index (χ1n) is 6.84. The third-order valence-electron chi connectivity index (χ3n) is 3.25. The first-order chi connectivity index (χ1) is 9.92. The molecule has 3 nitrogen and oxygen atoms in total. The SMILES string of the molecule is c1ccc(CCCNc2ccc3c(c2)OCSN3)cc1. The molecule has 1 heterocycles. The van der Waals surface area contributed by atoms with Gasteiger partial charge in [0.1, 0.15) is 5.75 Å². The number of anilines is 2. The molecule has 0 unspecified atom stereocenters. The van der Waals surface area contributed by atoms with Crippen molar-refractivity contribution in [1.29, 1.82) is 0 Å². The summed E-state index contributed by atoms with van der Waals surface area (Å²) in [6.07, 6.45) is 2.23. The quantitative estimate of drug-likeness (QED) is 0.639. The number of rotatable bonds is 5. The second-order valence-electron chi connectivity index (χ2n) is 4.74. The molecule has 104 valence electrons. The molecular weight excluding hydrogens is 268 g/mol. The molecule has 0 aliphatic carbocycles. The zero-order valence-corrected chi connectivity index (χ0v) is 12.1. The Morgan fingerprint density at radius 1 is 1.15 bits per heavy atom. The Bertz CT molecular complexity index is 560. The molecule has 0 aromatic heterocycles. The summed E-state index contributed by atoms with van der Waals surface area (Å²) >= 11 is 1.57. The number of ether oxygens (including phenoxy) is 1. The molecule has 4 heteroatoms. The van der Waals surface area contributed by atoms with Crippen LogP contribution in [0.4, 0.5) is 11.4 Å². The largest absolute Gasteiger partial charge is 0.479 e. The molecule has 2 N–H and O–H groups in total. The molecule has 1 aliphatic heterocycles. The minimum Gasteiger partial charge on any atom is -0.479 e. The van der Waals surface area contributed by atoms with Gasteiger partial charge in [0, 0.05) is 18.3 Å². The molecule has 0 saturated heterocycles. The Labute approximate surface area is 123 Å². The van der Waals surface area contributed by atoms with Gasteiger partial charge in [-0.1, -0.05) is 30.3 Å². The maximum atomic E-state index is 5.60. The summed E-state index contributed by atoms with van der Waals surface area (Å²) in [6, 6.07) is 16.8. The second kappa shape index (κ2) is 6.57. The summed E-state index contributed by atoms with van der Waals surface area (Å²) in [5, 5.41) is 3.45. The second-order valence-corrected chi connectivity index (χ2v) is 5.46. The Morgan fingerprint density at radius 2 is 2.05 bits per heavy atom. The summed E-state index contributed by atoms with van der Waals surface area (Å²) in [4.78, 5) is 0. The molecule has 2 aromatic rings. The molecular formula is C16H18N2OS. The van der Waals surface area contributed by atoms with E-state index >= 15 is 0 Å². The van der Waals surface area contributed by atoms with Gasteiger partial charge in [-0.05, 0) is 42.5 Å². The van der Waals surface area contributed by atoms with E-state index in [4.69, 9.17) is 4.74 Å². The zero-order chi connectivity index (χ0) is 13.6. The fourth-order valence-electron chi connectivity index (χ4n) is 2.21. The Hall–Kier alpha value is -1.81. The van der Waals surface area contributed by atoms with E-state index in [9.17, 15) is 0 Å². The molecule has 3 rings (SSSR count). The van der Waals surface area contributed by atoms with Crippen molar-refractivity contribution in [2.45, 2.75) is 12.8 Å². The molecule has 0 atom stereocenters. The molecule has 0 saturated carbocycles. The van der Waals surface area contributed by atoms with Crippen molar-refractivity contribution >= 4 is 23.3 Å². The first kappa shape index (κ1) is 13.2. The number of fused-ring (bicyclic) bond motifs is 1. The van der Waals surface area contributed by atoms with Crippen LogP contribution in [0.1, 0.15) is 12.0 Å². The standard InChI is InChI=1S/C16H18N2OS/c1-2-5-13(6-3-1)7-4-10-17-14-8-9-15-16(11-14)19-12-20-18-15/h1-3,5-6,8-9,11,17-18H,4,7,10,12H2. The van der Waals surface area contributed by atoms with Crippen LogP contribution in [0, 0.1) is 0 Å². The van der Waals surface area contributed by atoms with Crippen molar-refractivity contribution in [2.75, 3.05) is 22.5 Å². The highest BCUT2D eigenvalue weighted by Crippen LogP contribution is 2.33. The number of hydrogen-bond donors (Lipinski definition) is 2.